The lowest BCUT2D eigenvalue weighted by Gasteiger charge is -2.12. The molecule has 2 N–H and O–H groups in total. The van der Waals surface area contributed by atoms with Crippen molar-refractivity contribution in [3.05, 3.63) is 34.3 Å². The Morgan fingerprint density at radius 1 is 1.33 bits per heavy atom. The molecule has 0 radical (unpaired) electrons. The summed E-state index contributed by atoms with van der Waals surface area (Å²) in [5.74, 6) is -1.06. The van der Waals surface area contributed by atoms with Gasteiger partial charge in [0.15, 0.2) is 0 Å². The van der Waals surface area contributed by atoms with Gasteiger partial charge >= 0.3 is 11.9 Å². The van der Waals surface area contributed by atoms with Gasteiger partial charge in [0, 0.05) is 5.02 Å². The summed E-state index contributed by atoms with van der Waals surface area (Å²) >= 11 is 5.81. The van der Waals surface area contributed by atoms with E-state index in [2.05, 4.69) is 9.47 Å². The van der Waals surface area contributed by atoms with E-state index in [4.69, 9.17) is 17.3 Å². The largest absolute Gasteiger partial charge is 0.468 e. The van der Waals surface area contributed by atoms with Crippen LogP contribution in [0, 0.1) is 0 Å². The molecule has 0 saturated heterocycles. The molecule has 0 bridgehead atoms. The van der Waals surface area contributed by atoms with E-state index in [9.17, 15) is 9.59 Å². The van der Waals surface area contributed by atoms with E-state index >= 15 is 0 Å². The average Bonchev–Trinajstić information content (AvgIpc) is 2.38. The number of hydrogen-bond acceptors (Lipinski definition) is 5. The van der Waals surface area contributed by atoms with E-state index < -0.39 is 18.0 Å². The Morgan fingerprint density at radius 2 is 2.00 bits per heavy atom. The molecule has 0 fully saturated rings. The predicted molar refractivity (Wildman–Crippen MR) is 66.5 cm³/mol. The normalized spacial score (nSPS) is 11.8. The summed E-state index contributed by atoms with van der Waals surface area (Å²) in [6.07, 6.45) is 0.175. The first-order valence-corrected chi connectivity index (χ1v) is 5.57. The minimum absolute atomic E-state index is 0.175. The lowest BCUT2D eigenvalue weighted by Crippen LogP contribution is -2.34. The maximum absolute atomic E-state index is 11.6. The Balaban J connectivity index is 3.01. The van der Waals surface area contributed by atoms with Crippen molar-refractivity contribution in [2.45, 2.75) is 12.5 Å². The molecular formula is C12H14ClNO4. The number of methoxy groups -OCH3 is 2. The van der Waals surface area contributed by atoms with Crippen molar-refractivity contribution in [3.63, 3.8) is 0 Å². The molecule has 1 rings (SSSR count). The lowest BCUT2D eigenvalue weighted by atomic mass is 10.0. The summed E-state index contributed by atoms with van der Waals surface area (Å²) in [5.41, 5.74) is 6.53. The molecule has 0 spiro atoms. The molecule has 0 saturated carbocycles. The molecule has 1 atom stereocenters. The van der Waals surface area contributed by atoms with Crippen LogP contribution in [0.15, 0.2) is 18.2 Å². The highest BCUT2D eigenvalue weighted by molar-refractivity contribution is 6.31. The molecule has 0 aliphatic heterocycles. The molecule has 0 aromatic heterocycles. The Hall–Kier alpha value is -1.59. The summed E-state index contributed by atoms with van der Waals surface area (Å²) in [5, 5.41) is 0.408. The highest BCUT2D eigenvalue weighted by Gasteiger charge is 2.19. The van der Waals surface area contributed by atoms with Gasteiger partial charge in [0.05, 0.1) is 19.8 Å². The quantitative estimate of drug-likeness (QED) is 0.832. The summed E-state index contributed by atoms with van der Waals surface area (Å²) in [6, 6.07) is 3.90. The predicted octanol–water partition coefficient (Wildman–Crippen LogP) is 1.17. The number of benzene rings is 1. The zero-order chi connectivity index (χ0) is 13.7. The number of carbonyl (C=O) groups excluding carboxylic acids is 2. The molecule has 98 valence electrons. The van der Waals surface area contributed by atoms with Gasteiger partial charge in [-0.2, -0.15) is 0 Å². The second kappa shape index (κ2) is 6.37. The molecule has 1 aromatic rings. The van der Waals surface area contributed by atoms with Crippen molar-refractivity contribution in [1.29, 1.82) is 0 Å². The molecule has 0 heterocycles. The zero-order valence-electron chi connectivity index (χ0n) is 10.1. The number of rotatable bonds is 4. The van der Waals surface area contributed by atoms with E-state index in [1.165, 1.54) is 20.3 Å². The summed E-state index contributed by atoms with van der Waals surface area (Å²) < 4.78 is 9.17. The third-order valence-electron chi connectivity index (χ3n) is 2.42. The number of halogens is 1. The van der Waals surface area contributed by atoms with E-state index in [0.29, 0.717) is 16.1 Å². The molecule has 1 aromatic carbocycles. The number of hydrogen-bond donors (Lipinski definition) is 1. The molecule has 18 heavy (non-hydrogen) atoms. The van der Waals surface area contributed by atoms with Gasteiger partial charge in [-0.1, -0.05) is 17.7 Å². The number of esters is 2. The summed E-state index contributed by atoms with van der Waals surface area (Å²) in [6.45, 7) is 0. The van der Waals surface area contributed by atoms with Crippen molar-refractivity contribution < 1.29 is 19.1 Å². The Kier molecular flexibility index (Phi) is 5.12. The summed E-state index contributed by atoms with van der Waals surface area (Å²) in [7, 11) is 2.53. The van der Waals surface area contributed by atoms with E-state index in [1.54, 1.807) is 12.1 Å². The third kappa shape index (κ3) is 3.45. The fourth-order valence-electron chi connectivity index (χ4n) is 1.50. The molecule has 6 heteroatoms. The van der Waals surface area contributed by atoms with Crippen molar-refractivity contribution in [2.24, 2.45) is 5.73 Å². The Morgan fingerprint density at radius 3 is 2.56 bits per heavy atom. The van der Waals surface area contributed by atoms with Gasteiger partial charge in [-0.3, -0.25) is 4.79 Å². The summed E-state index contributed by atoms with van der Waals surface area (Å²) in [4.78, 5) is 22.8. The maximum Gasteiger partial charge on any atom is 0.338 e. The van der Waals surface area contributed by atoms with Gasteiger partial charge in [0.25, 0.3) is 0 Å². The maximum atomic E-state index is 11.6. The molecule has 0 amide bonds. The molecule has 0 unspecified atom stereocenters. The fraction of sp³-hybridized carbons (Fsp3) is 0.333. The second-order valence-electron chi connectivity index (χ2n) is 3.63. The van der Waals surface area contributed by atoms with Crippen molar-refractivity contribution in [1.82, 2.24) is 0 Å². The van der Waals surface area contributed by atoms with Crippen LogP contribution < -0.4 is 5.73 Å². The van der Waals surface area contributed by atoms with Crippen LogP contribution in [0.2, 0.25) is 5.02 Å². The van der Waals surface area contributed by atoms with Crippen LogP contribution in [0.3, 0.4) is 0 Å². The van der Waals surface area contributed by atoms with Crippen molar-refractivity contribution in [2.75, 3.05) is 14.2 Å². The molecular weight excluding hydrogens is 258 g/mol. The van der Waals surface area contributed by atoms with Crippen molar-refractivity contribution >= 4 is 23.5 Å². The zero-order valence-corrected chi connectivity index (χ0v) is 10.9. The average molecular weight is 272 g/mol. The lowest BCUT2D eigenvalue weighted by molar-refractivity contribution is -0.142. The van der Waals surface area contributed by atoms with Crippen LogP contribution in [0.4, 0.5) is 0 Å². The van der Waals surface area contributed by atoms with Gasteiger partial charge < -0.3 is 15.2 Å². The fourth-order valence-corrected chi connectivity index (χ4v) is 1.67. The Labute approximate surface area is 110 Å². The van der Waals surface area contributed by atoms with Gasteiger partial charge in [-0.25, -0.2) is 4.79 Å². The van der Waals surface area contributed by atoms with E-state index in [-0.39, 0.29) is 6.42 Å². The minimum atomic E-state index is -0.834. The van der Waals surface area contributed by atoms with Crippen LogP contribution in [-0.2, 0) is 20.7 Å². The van der Waals surface area contributed by atoms with Crippen LogP contribution in [-0.4, -0.2) is 32.2 Å². The highest BCUT2D eigenvalue weighted by Crippen LogP contribution is 2.18. The van der Waals surface area contributed by atoms with Gasteiger partial charge in [0.2, 0.25) is 0 Å². The molecule has 5 nitrogen and oxygen atoms in total. The standard InChI is InChI=1S/C12H14ClNO4/c1-17-11(15)9-6-8(13)4-3-7(9)5-10(14)12(16)18-2/h3-4,6,10H,5,14H2,1-2H3/t10-/m0/s1. The number of nitrogens with two attached hydrogens (primary N) is 1. The number of carbonyl (C=O) groups is 2. The first-order chi connectivity index (χ1) is 8.49. The molecule has 0 aliphatic carbocycles. The van der Waals surface area contributed by atoms with Crippen LogP contribution in [0.25, 0.3) is 0 Å². The first kappa shape index (κ1) is 14.5. The van der Waals surface area contributed by atoms with E-state index in [1.807, 2.05) is 0 Å². The topological polar surface area (TPSA) is 78.6 Å². The molecule has 0 aliphatic rings. The minimum Gasteiger partial charge on any atom is -0.468 e. The third-order valence-corrected chi connectivity index (χ3v) is 2.66. The van der Waals surface area contributed by atoms with Gasteiger partial charge in [-0.15, -0.1) is 0 Å². The van der Waals surface area contributed by atoms with E-state index in [0.717, 1.165) is 0 Å². The number of ether oxygens (including phenoxy) is 2. The second-order valence-corrected chi connectivity index (χ2v) is 4.06. The highest BCUT2D eigenvalue weighted by atomic mass is 35.5. The van der Waals surface area contributed by atoms with Gasteiger partial charge in [0.1, 0.15) is 6.04 Å². The smallest absolute Gasteiger partial charge is 0.338 e. The Bertz CT molecular complexity index is 461. The van der Waals surface area contributed by atoms with Gasteiger partial charge in [-0.05, 0) is 24.1 Å². The van der Waals surface area contributed by atoms with Crippen LogP contribution >= 0.6 is 11.6 Å². The monoisotopic (exact) mass is 271 g/mol. The van der Waals surface area contributed by atoms with Crippen LogP contribution in [0.5, 0.6) is 0 Å². The first-order valence-electron chi connectivity index (χ1n) is 5.19. The van der Waals surface area contributed by atoms with Crippen LogP contribution in [0.1, 0.15) is 15.9 Å². The van der Waals surface area contributed by atoms with Crippen molar-refractivity contribution in [3.8, 4) is 0 Å². The SMILES string of the molecule is COC(=O)c1cc(Cl)ccc1C[C@H](N)C(=O)OC.